The van der Waals surface area contributed by atoms with E-state index in [1.807, 2.05) is 33.3 Å². The van der Waals surface area contributed by atoms with Gasteiger partial charge < -0.3 is 28.5 Å². The number of unbranched alkanes of at least 4 members (excludes halogenated alkanes) is 46. The Morgan fingerprint density at radius 3 is 1.12 bits per heavy atom. The normalized spacial score (nSPS) is 13.7. The summed E-state index contributed by atoms with van der Waals surface area (Å²) in [5.74, 6) is -0.519. The predicted molar refractivity (Wildman–Crippen MR) is 353 cm³/mol. The summed E-state index contributed by atoms with van der Waals surface area (Å²) in [6.07, 6.45) is 77.0. The van der Waals surface area contributed by atoms with Gasteiger partial charge in [-0.15, -0.1) is 0 Å². The van der Waals surface area contributed by atoms with Crippen LogP contribution in [0.15, 0.2) is 36.5 Å². The number of amides is 1. The molecule has 3 atom stereocenters. The van der Waals surface area contributed by atoms with E-state index < -0.39 is 20.0 Å². The topological polar surface area (TPSA) is 114 Å². The van der Waals surface area contributed by atoms with Crippen LogP contribution in [0.25, 0.3) is 0 Å². The maximum atomic E-state index is 13.6. The lowest BCUT2D eigenvalue weighted by atomic mass is 10.0. The van der Waals surface area contributed by atoms with E-state index in [4.69, 9.17) is 13.8 Å². The fourth-order valence-electron chi connectivity index (χ4n) is 10.8. The second-order valence-corrected chi connectivity index (χ2v) is 27.2. The lowest BCUT2D eigenvalue weighted by Crippen LogP contribution is -2.47. The molecular formula is C72H139N2O7P. The van der Waals surface area contributed by atoms with Gasteiger partial charge in [0.2, 0.25) is 5.91 Å². The van der Waals surface area contributed by atoms with Crippen LogP contribution in [0.2, 0.25) is 0 Å². The molecule has 0 fully saturated rings. The van der Waals surface area contributed by atoms with Crippen molar-refractivity contribution in [3.05, 3.63) is 36.5 Å². The summed E-state index contributed by atoms with van der Waals surface area (Å²) in [6, 6.07) is -0.883. The molecule has 0 saturated heterocycles. The smallest absolute Gasteiger partial charge is 0.306 e. The molecule has 3 unspecified atom stereocenters. The van der Waals surface area contributed by atoms with Crippen molar-refractivity contribution in [3.63, 3.8) is 0 Å². The van der Waals surface area contributed by atoms with Crippen molar-refractivity contribution in [1.29, 1.82) is 0 Å². The van der Waals surface area contributed by atoms with Crippen molar-refractivity contribution in [2.24, 2.45) is 0 Å². The van der Waals surface area contributed by atoms with Gasteiger partial charge in [0.1, 0.15) is 19.3 Å². The molecule has 0 spiro atoms. The Morgan fingerprint density at radius 2 is 0.744 bits per heavy atom. The first-order valence-corrected chi connectivity index (χ1v) is 37.3. The number of hydrogen-bond acceptors (Lipinski definition) is 7. The molecule has 0 bridgehead atoms. The highest BCUT2D eigenvalue weighted by atomic mass is 31.2. The fraction of sp³-hybridized carbons (Fsp3) is 0.889. The van der Waals surface area contributed by atoms with Gasteiger partial charge in [0, 0.05) is 12.8 Å². The summed E-state index contributed by atoms with van der Waals surface area (Å²) in [5.41, 5.74) is 0. The molecule has 0 aromatic rings. The van der Waals surface area contributed by atoms with Crippen LogP contribution in [-0.2, 0) is 27.9 Å². The summed E-state index contributed by atoms with van der Waals surface area (Å²) in [6.45, 7) is 6.88. The van der Waals surface area contributed by atoms with Crippen molar-refractivity contribution in [3.8, 4) is 0 Å². The molecule has 484 valence electrons. The molecule has 0 saturated carbocycles. The average Bonchev–Trinajstić information content (AvgIpc) is 3.44. The van der Waals surface area contributed by atoms with E-state index in [1.54, 1.807) is 0 Å². The molecule has 9 nitrogen and oxygen atoms in total. The lowest BCUT2D eigenvalue weighted by molar-refractivity contribution is -0.870. The lowest BCUT2D eigenvalue weighted by Gasteiger charge is -2.30. The molecule has 0 heterocycles. The Kier molecular flexibility index (Phi) is 60.9. The van der Waals surface area contributed by atoms with Crippen molar-refractivity contribution in [2.45, 2.75) is 373 Å². The van der Waals surface area contributed by atoms with E-state index >= 15 is 0 Å². The zero-order valence-electron chi connectivity index (χ0n) is 55.5. The van der Waals surface area contributed by atoms with Gasteiger partial charge in [-0.2, -0.15) is 0 Å². The van der Waals surface area contributed by atoms with Crippen LogP contribution in [0.1, 0.15) is 361 Å². The summed E-state index contributed by atoms with van der Waals surface area (Å²) >= 11 is 0. The van der Waals surface area contributed by atoms with E-state index in [2.05, 4.69) is 50.4 Å². The fourth-order valence-corrected chi connectivity index (χ4v) is 11.5. The first-order chi connectivity index (χ1) is 39.9. The van der Waals surface area contributed by atoms with Gasteiger partial charge in [-0.3, -0.25) is 14.2 Å². The molecule has 0 aliphatic heterocycles. The first kappa shape index (κ1) is 80.2. The highest BCUT2D eigenvalue weighted by Gasteiger charge is 2.27. The van der Waals surface area contributed by atoms with Gasteiger partial charge in [0.05, 0.1) is 33.8 Å². The standard InChI is InChI=1S/C72H139N2O7P/c1-7-10-13-16-19-22-25-28-30-32-33-34-35-36-37-38-39-40-41-43-45-47-50-53-56-59-62-65-72(76)81-70(63-60-57-54-51-48-27-24-21-18-15-12-9-3)69(68-80-82(77,78)79-67-66-74(4,5)6)73-71(75)64-61-58-55-52-49-46-44-42-31-29-26-23-20-17-14-11-8-2/h19,22,28,30,60,63,69-70H,7-18,20-21,23-27,29,31-59,61-62,64-68H2,1-6H3,(H-,73,75,77,78)/b22-19-,30-28-,63-60+. The molecule has 1 N–H and O–H groups in total. The molecule has 0 aliphatic carbocycles. The number of hydrogen-bond donors (Lipinski definition) is 1. The molecular weight excluding hydrogens is 1040 g/mol. The zero-order valence-corrected chi connectivity index (χ0v) is 56.4. The summed E-state index contributed by atoms with van der Waals surface area (Å²) < 4.78 is 30.4. The van der Waals surface area contributed by atoms with Crippen molar-refractivity contribution >= 4 is 19.7 Å². The van der Waals surface area contributed by atoms with E-state index in [9.17, 15) is 19.0 Å². The van der Waals surface area contributed by atoms with Crippen LogP contribution in [0.4, 0.5) is 0 Å². The van der Waals surface area contributed by atoms with Gasteiger partial charge in [-0.25, -0.2) is 0 Å². The Bertz CT molecular complexity index is 1500. The van der Waals surface area contributed by atoms with Gasteiger partial charge in [-0.1, -0.05) is 321 Å². The molecule has 0 rings (SSSR count). The van der Waals surface area contributed by atoms with Crippen LogP contribution in [-0.4, -0.2) is 69.4 Å². The van der Waals surface area contributed by atoms with Crippen molar-refractivity contribution < 1.29 is 37.3 Å². The Labute approximate surface area is 510 Å². The van der Waals surface area contributed by atoms with Crippen molar-refractivity contribution in [1.82, 2.24) is 5.32 Å². The summed E-state index contributed by atoms with van der Waals surface area (Å²) in [7, 11) is 1.20. The number of nitrogens with one attached hydrogen (secondary N) is 1. The molecule has 82 heavy (non-hydrogen) atoms. The number of rotatable bonds is 66. The number of carbonyl (C=O) groups is 2. The molecule has 0 radical (unpaired) electrons. The third kappa shape index (κ3) is 62.8. The predicted octanol–water partition coefficient (Wildman–Crippen LogP) is 22.0. The van der Waals surface area contributed by atoms with Crippen LogP contribution >= 0.6 is 7.82 Å². The Balaban J connectivity index is 4.97. The monoisotopic (exact) mass is 1180 g/mol. The maximum Gasteiger partial charge on any atom is 0.306 e. The summed E-state index contributed by atoms with van der Waals surface area (Å²) in [4.78, 5) is 40.1. The number of likely N-dealkylation sites (N-methyl/N-ethyl adjacent to an activating group) is 1. The maximum absolute atomic E-state index is 13.6. The highest BCUT2D eigenvalue weighted by molar-refractivity contribution is 7.45. The first-order valence-electron chi connectivity index (χ1n) is 35.8. The Hall–Kier alpha value is -1.77. The summed E-state index contributed by atoms with van der Waals surface area (Å²) in [5, 5.41) is 3.05. The number of phosphoric acid groups is 1. The third-order valence-corrected chi connectivity index (χ3v) is 17.3. The number of carbonyl (C=O) groups excluding carboxylic acids is 2. The van der Waals surface area contributed by atoms with Crippen LogP contribution in [0.5, 0.6) is 0 Å². The van der Waals surface area contributed by atoms with E-state index in [1.165, 1.54) is 263 Å². The Morgan fingerprint density at radius 1 is 0.427 bits per heavy atom. The molecule has 0 aromatic carbocycles. The molecule has 1 amide bonds. The number of ether oxygens (including phenoxy) is 1. The molecule has 0 aliphatic rings. The van der Waals surface area contributed by atoms with Crippen LogP contribution in [0.3, 0.4) is 0 Å². The SMILES string of the molecule is CCCCC/C=C\C/C=C\CCCCCCCCCCCCCCCCCCCC(=O)OC(/C=C/CCCCCCCCCCCC)C(COP(=O)([O-])OCC[N+](C)(C)C)NC(=O)CCCCCCCCCCCCCCCCCCC. The zero-order chi connectivity index (χ0) is 60.0. The van der Waals surface area contributed by atoms with Crippen LogP contribution < -0.4 is 10.2 Å². The van der Waals surface area contributed by atoms with E-state index in [-0.39, 0.29) is 31.5 Å². The van der Waals surface area contributed by atoms with Gasteiger partial charge in [-0.05, 0) is 63.9 Å². The minimum Gasteiger partial charge on any atom is -0.756 e. The largest absolute Gasteiger partial charge is 0.756 e. The minimum absolute atomic E-state index is 0.0185. The molecule has 0 aromatic heterocycles. The number of phosphoric ester groups is 1. The number of quaternary nitrogens is 1. The van der Waals surface area contributed by atoms with Crippen molar-refractivity contribution in [2.75, 3.05) is 40.9 Å². The number of allylic oxidation sites excluding steroid dienone is 5. The third-order valence-electron chi connectivity index (χ3n) is 16.3. The minimum atomic E-state index is -4.70. The quantitative estimate of drug-likeness (QED) is 0.0212. The molecule has 10 heteroatoms. The van der Waals surface area contributed by atoms with Gasteiger partial charge in [0.25, 0.3) is 7.82 Å². The van der Waals surface area contributed by atoms with Gasteiger partial charge >= 0.3 is 5.97 Å². The second-order valence-electron chi connectivity index (χ2n) is 25.7. The second kappa shape index (κ2) is 62.3. The van der Waals surface area contributed by atoms with Gasteiger partial charge in [0.15, 0.2) is 0 Å². The highest BCUT2D eigenvalue weighted by Crippen LogP contribution is 2.38. The van der Waals surface area contributed by atoms with E-state index in [0.717, 1.165) is 64.2 Å². The van der Waals surface area contributed by atoms with E-state index in [0.29, 0.717) is 17.4 Å². The number of nitrogens with zero attached hydrogens (tertiary/aromatic N) is 1. The number of esters is 1. The average molecular weight is 1180 g/mol. The van der Waals surface area contributed by atoms with Crippen LogP contribution in [0, 0.1) is 0 Å².